The Bertz CT molecular complexity index is 341. The van der Waals surface area contributed by atoms with Gasteiger partial charge in [-0.1, -0.05) is 0 Å². The Kier molecular flexibility index (Phi) is 3.52. The second-order valence-corrected chi connectivity index (χ2v) is 4.30. The molecule has 1 aromatic rings. The molecule has 0 aliphatic carbocycles. The van der Waals surface area contributed by atoms with Crippen molar-refractivity contribution >= 4 is 0 Å². The largest absolute Gasteiger partial charge is 0.394 e. The Morgan fingerprint density at radius 3 is 3.00 bits per heavy atom. The highest BCUT2D eigenvalue weighted by Gasteiger charge is 2.25. The minimum absolute atomic E-state index is 0.0691. The summed E-state index contributed by atoms with van der Waals surface area (Å²) in [6.45, 7) is 4.45. The highest BCUT2D eigenvalue weighted by Crippen LogP contribution is 2.12. The van der Waals surface area contributed by atoms with Gasteiger partial charge in [-0.2, -0.15) is 0 Å². The van der Waals surface area contributed by atoms with Gasteiger partial charge in [0.1, 0.15) is 12.2 Å². The van der Waals surface area contributed by atoms with Crippen LogP contribution in [0.4, 0.5) is 0 Å². The first-order valence-corrected chi connectivity index (χ1v) is 5.50. The van der Waals surface area contributed by atoms with Crippen LogP contribution in [0.3, 0.4) is 0 Å². The van der Waals surface area contributed by atoms with Gasteiger partial charge in [-0.3, -0.25) is 4.90 Å². The number of aliphatic hydroxyl groups excluding tert-OH is 1. The molecule has 1 aromatic heterocycles. The van der Waals surface area contributed by atoms with Gasteiger partial charge in [-0.25, -0.2) is 0 Å². The standard InChI is InChI=1S/C10H18N4O2/c1-8-3-14(4-9(6-15)16-8)5-10-12-11-7-13(10)2/h7-9,15H,3-6H2,1-2H3. The molecule has 2 heterocycles. The van der Waals surface area contributed by atoms with Crippen molar-refractivity contribution in [2.75, 3.05) is 19.7 Å². The molecule has 90 valence electrons. The van der Waals surface area contributed by atoms with E-state index in [9.17, 15) is 0 Å². The summed E-state index contributed by atoms with van der Waals surface area (Å²) in [4.78, 5) is 2.24. The molecule has 1 aliphatic rings. The molecule has 0 bridgehead atoms. The van der Waals surface area contributed by atoms with E-state index < -0.39 is 0 Å². The summed E-state index contributed by atoms with van der Waals surface area (Å²) in [6.07, 6.45) is 1.76. The average Bonchev–Trinajstić information content (AvgIpc) is 2.63. The molecule has 1 fully saturated rings. The number of aromatic nitrogens is 3. The summed E-state index contributed by atoms with van der Waals surface area (Å²) >= 11 is 0. The Hall–Kier alpha value is -0.980. The summed E-state index contributed by atoms with van der Waals surface area (Å²) in [5.74, 6) is 0.936. The Morgan fingerprint density at radius 1 is 1.56 bits per heavy atom. The van der Waals surface area contributed by atoms with Gasteiger partial charge in [0.25, 0.3) is 0 Å². The van der Waals surface area contributed by atoms with E-state index in [-0.39, 0.29) is 18.8 Å². The van der Waals surface area contributed by atoms with Crippen LogP contribution in [0.1, 0.15) is 12.7 Å². The van der Waals surface area contributed by atoms with Crippen molar-refractivity contribution in [3.05, 3.63) is 12.2 Å². The predicted molar refractivity (Wildman–Crippen MR) is 57.7 cm³/mol. The third kappa shape index (κ3) is 2.58. The summed E-state index contributed by atoms with van der Waals surface area (Å²) in [7, 11) is 1.93. The van der Waals surface area contributed by atoms with Crippen molar-refractivity contribution in [3.63, 3.8) is 0 Å². The first-order chi connectivity index (χ1) is 7.69. The quantitative estimate of drug-likeness (QED) is 0.745. The molecule has 2 atom stereocenters. The second-order valence-electron chi connectivity index (χ2n) is 4.30. The zero-order chi connectivity index (χ0) is 11.5. The lowest BCUT2D eigenvalue weighted by atomic mass is 10.2. The third-order valence-electron chi connectivity index (χ3n) is 2.78. The topological polar surface area (TPSA) is 63.4 Å². The predicted octanol–water partition coefficient (Wildman–Crippen LogP) is -0.603. The molecule has 0 amide bonds. The Morgan fingerprint density at radius 2 is 2.38 bits per heavy atom. The molecular formula is C10H18N4O2. The van der Waals surface area contributed by atoms with E-state index in [4.69, 9.17) is 9.84 Å². The van der Waals surface area contributed by atoms with E-state index in [2.05, 4.69) is 15.1 Å². The molecule has 6 heteroatoms. The lowest BCUT2D eigenvalue weighted by Crippen LogP contribution is -2.47. The van der Waals surface area contributed by atoms with E-state index in [1.54, 1.807) is 6.33 Å². The molecule has 0 spiro atoms. The van der Waals surface area contributed by atoms with Crippen molar-refractivity contribution in [2.24, 2.45) is 7.05 Å². The van der Waals surface area contributed by atoms with Gasteiger partial charge >= 0.3 is 0 Å². The zero-order valence-electron chi connectivity index (χ0n) is 9.70. The van der Waals surface area contributed by atoms with Crippen LogP contribution < -0.4 is 0 Å². The number of aryl methyl sites for hydroxylation is 1. The number of ether oxygens (including phenoxy) is 1. The fourth-order valence-corrected chi connectivity index (χ4v) is 2.02. The fourth-order valence-electron chi connectivity index (χ4n) is 2.02. The highest BCUT2D eigenvalue weighted by atomic mass is 16.5. The molecular weight excluding hydrogens is 208 g/mol. The van der Waals surface area contributed by atoms with Crippen LogP contribution in [0.2, 0.25) is 0 Å². The number of morpholine rings is 1. The molecule has 6 nitrogen and oxygen atoms in total. The first-order valence-electron chi connectivity index (χ1n) is 5.50. The average molecular weight is 226 g/mol. The van der Waals surface area contributed by atoms with Gasteiger partial charge in [-0.15, -0.1) is 10.2 Å². The lowest BCUT2D eigenvalue weighted by molar-refractivity contribution is -0.0978. The van der Waals surface area contributed by atoms with E-state index in [1.165, 1.54) is 0 Å². The number of rotatable bonds is 3. The van der Waals surface area contributed by atoms with Crippen LogP contribution >= 0.6 is 0 Å². The summed E-state index contributed by atoms with van der Waals surface area (Å²) in [5, 5.41) is 17.0. The van der Waals surface area contributed by atoms with Gasteiger partial charge in [0.15, 0.2) is 0 Å². The van der Waals surface area contributed by atoms with Gasteiger partial charge in [0.05, 0.1) is 25.4 Å². The molecule has 0 radical (unpaired) electrons. The Balaban J connectivity index is 1.96. The molecule has 1 aliphatic heterocycles. The lowest BCUT2D eigenvalue weighted by Gasteiger charge is -2.35. The van der Waals surface area contributed by atoms with Crippen LogP contribution in [0, 0.1) is 0 Å². The summed E-state index contributed by atoms with van der Waals surface area (Å²) in [6, 6.07) is 0. The second kappa shape index (κ2) is 4.90. The number of hydrogen-bond donors (Lipinski definition) is 1. The maximum absolute atomic E-state index is 9.12. The number of nitrogens with zero attached hydrogens (tertiary/aromatic N) is 4. The highest BCUT2D eigenvalue weighted by molar-refractivity contribution is 4.86. The fraction of sp³-hybridized carbons (Fsp3) is 0.800. The van der Waals surface area contributed by atoms with Crippen molar-refractivity contribution < 1.29 is 9.84 Å². The van der Waals surface area contributed by atoms with Crippen LogP contribution in [0.25, 0.3) is 0 Å². The van der Waals surface area contributed by atoms with Crippen LogP contribution in [0.5, 0.6) is 0 Å². The van der Waals surface area contributed by atoms with Crippen molar-refractivity contribution in [3.8, 4) is 0 Å². The molecule has 1 saturated heterocycles. The minimum Gasteiger partial charge on any atom is -0.394 e. The maximum Gasteiger partial charge on any atom is 0.146 e. The zero-order valence-corrected chi connectivity index (χ0v) is 9.70. The van der Waals surface area contributed by atoms with Crippen molar-refractivity contribution in [1.82, 2.24) is 19.7 Å². The van der Waals surface area contributed by atoms with E-state index in [1.807, 2.05) is 18.5 Å². The molecule has 0 aromatic carbocycles. The van der Waals surface area contributed by atoms with E-state index >= 15 is 0 Å². The third-order valence-corrected chi connectivity index (χ3v) is 2.78. The monoisotopic (exact) mass is 226 g/mol. The molecule has 2 unspecified atom stereocenters. The molecule has 2 rings (SSSR count). The summed E-state index contributed by atoms with van der Waals surface area (Å²) < 4.78 is 7.49. The molecule has 16 heavy (non-hydrogen) atoms. The number of aliphatic hydroxyl groups is 1. The number of hydrogen-bond acceptors (Lipinski definition) is 5. The van der Waals surface area contributed by atoms with Crippen LogP contribution in [-0.2, 0) is 18.3 Å². The molecule has 0 saturated carbocycles. The van der Waals surface area contributed by atoms with Crippen LogP contribution in [0.15, 0.2) is 6.33 Å². The maximum atomic E-state index is 9.12. The smallest absolute Gasteiger partial charge is 0.146 e. The SMILES string of the molecule is CC1CN(Cc2nncn2C)CC(CO)O1. The van der Waals surface area contributed by atoms with Gasteiger partial charge in [0, 0.05) is 20.1 Å². The van der Waals surface area contributed by atoms with E-state index in [0.29, 0.717) is 0 Å². The summed E-state index contributed by atoms with van der Waals surface area (Å²) in [5.41, 5.74) is 0. The molecule has 1 N–H and O–H groups in total. The normalized spacial score (nSPS) is 27.2. The van der Waals surface area contributed by atoms with Crippen LogP contribution in [-0.4, -0.2) is 56.7 Å². The van der Waals surface area contributed by atoms with Crippen molar-refractivity contribution in [1.29, 1.82) is 0 Å². The van der Waals surface area contributed by atoms with E-state index in [0.717, 1.165) is 25.5 Å². The Labute approximate surface area is 94.8 Å². The first kappa shape index (κ1) is 11.5. The van der Waals surface area contributed by atoms with Gasteiger partial charge in [0.2, 0.25) is 0 Å². The van der Waals surface area contributed by atoms with Gasteiger partial charge < -0.3 is 14.4 Å². The van der Waals surface area contributed by atoms with Crippen molar-refractivity contribution in [2.45, 2.75) is 25.7 Å². The minimum atomic E-state index is -0.0861. The van der Waals surface area contributed by atoms with Gasteiger partial charge in [-0.05, 0) is 6.92 Å².